The van der Waals surface area contributed by atoms with E-state index >= 15 is 0 Å². The summed E-state index contributed by atoms with van der Waals surface area (Å²) in [5.74, 6) is -1.16. The third-order valence-corrected chi connectivity index (χ3v) is 4.65. The number of nitrogens with zero attached hydrogens (tertiary/aromatic N) is 2. The van der Waals surface area contributed by atoms with Crippen LogP contribution in [0, 0.1) is 5.92 Å². The smallest absolute Gasteiger partial charge is 0.326 e. The first-order valence-electron chi connectivity index (χ1n) is 7.55. The van der Waals surface area contributed by atoms with Gasteiger partial charge in [-0.05, 0) is 31.6 Å². The van der Waals surface area contributed by atoms with Crippen LogP contribution in [0.4, 0.5) is 4.79 Å². The Bertz CT molecular complexity index is 440. The minimum Gasteiger partial charge on any atom is -0.480 e. The molecule has 118 valence electrons. The van der Waals surface area contributed by atoms with E-state index in [1.165, 1.54) is 9.80 Å². The summed E-state index contributed by atoms with van der Waals surface area (Å²) in [6.07, 6.45) is 3.49. The van der Waals surface area contributed by atoms with E-state index in [2.05, 4.69) is 0 Å². The number of carboxylic acid groups (broad SMARTS) is 1. The van der Waals surface area contributed by atoms with Gasteiger partial charge in [-0.25, -0.2) is 9.59 Å². The van der Waals surface area contributed by atoms with Crippen molar-refractivity contribution in [2.45, 2.75) is 51.1 Å². The highest BCUT2D eigenvalue weighted by atomic mass is 16.4. The maximum atomic E-state index is 12.6. The summed E-state index contributed by atoms with van der Waals surface area (Å²) in [5.41, 5.74) is 5.33. The number of carbonyl (C=O) groups is 3. The molecule has 0 saturated carbocycles. The third kappa shape index (κ3) is 3.11. The van der Waals surface area contributed by atoms with Crippen LogP contribution in [0.2, 0.25) is 0 Å². The number of likely N-dealkylation sites (tertiary alicyclic amines) is 2. The second-order valence-electron chi connectivity index (χ2n) is 5.88. The number of carbonyl (C=O) groups excluding carboxylic acids is 2. The lowest BCUT2D eigenvalue weighted by Gasteiger charge is -2.39. The normalized spacial score (nSPS) is 29.5. The summed E-state index contributed by atoms with van der Waals surface area (Å²) in [6, 6.07) is -1.76. The largest absolute Gasteiger partial charge is 0.480 e. The van der Waals surface area contributed by atoms with Crippen LogP contribution in [0.5, 0.6) is 0 Å². The van der Waals surface area contributed by atoms with Crippen LogP contribution in [-0.4, -0.2) is 58.0 Å². The fourth-order valence-corrected chi connectivity index (χ4v) is 3.33. The fraction of sp³-hybridized carbons (Fsp3) is 0.786. The van der Waals surface area contributed by atoms with Crippen molar-refractivity contribution in [3.05, 3.63) is 0 Å². The second kappa shape index (κ2) is 6.32. The van der Waals surface area contributed by atoms with Gasteiger partial charge in [0.1, 0.15) is 12.1 Å². The van der Waals surface area contributed by atoms with Crippen molar-refractivity contribution in [1.82, 2.24) is 9.80 Å². The Morgan fingerprint density at radius 1 is 1.14 bits per heavy atom. The van der Waals surface area contributed by atoms with Crippen LogP contribution in [0.3, 0.4) is 0 Å². The Morgan fingerprint density at radius 2 is 1.81 bits per heavy atom. The topological polar surface area (TPSA) is 104 Å². The van der Waals surface area contributed by atoms with Gasteiger partial charge in [-0.2, -0.15) is 0 Å². The van der Waals surface area contributed by atoms with Gasteiger partial charge in [0.05, 0.1) is 0 Å². The molecule has 2 fully saturated rings. The lowest BCUT2D eigenvalue weighted by molar-refractivity contribution is -0.144. The number of carboxylic acids is 1. The highest BCUT2D eigenvalue weighted by Crippen LogP contribution is 2.28. The van der Waals surface area contributed by atoms with Gasteiger partial charge in [0.15, 0.2) is 0 Å². The number of hydrogen-bond acceptors (Lipinski definition) is 3. The Balaban J connectivity index is 2.13. The van der Waals surface area contributed by atoms with E-state index in [-0.39, 0.29) is 6.03 Å². The maximum absolute atomic E-state index is 12.6. The van der Waals surface area contributed by atoms with Crippen LogP contribution in [0.25, 0.3) is 0 Å². The fourth-order valence-electron chi connectivity index (χ4n) is 3.33. The second-order valence-corrected chi connectivity index (χ2v) is 5.88. The van der Waals surface area contributed by atoms with Gasteiger partial charge >= 0.3 is 12.0 Å². The predicted molar refractivity (Wildman–Crippen MR) is 75.5 cm³/mol. The summed E-state index contributed by atoms with van der Waals surface area (Å²) in [4.78, 5) is 38.3. The Kier molecular flexibility index (Phi) is 4.69. The molecule has 2 aliphatic heterocycles. The van der Waals surface area contributed by atoms with Crippen LogP contribution in [-0.2, 0) is 9.59 Å². The lowest BCUT2D eigenvalue weighted by atomic mass is 9.89. The van der Waals surface area contributed by atoms with Gasteiger partial charge in [0.2, 0.25) is 5.91 Å². The van der Waals surface area contributed by atoms with Crippen molar-refractivity contribution < 1.29 is 19.5 Å². The highest BCUT2D eigenvalue weighted by molar-refractivity contribution is 5.88. The summed E-state index contributed by atoms with van der Waals surface area (Å²) >= 11 is 0. The zero-order valence-corrected chi connectivity index (χ0v) is 12.3. The molecule has 2 heterocycles. The molecule has 0 aromatic carbocycles. The summed E-state index contributed by atoms with van der Waals surface area (Å²) in [7, 11) is 0. The van der Waals surface area contributed by atoms with E-state index < -0.39 is 24.0 Å². The van der Waals surface area contributed by atoms with E-state index in [4.69, 9.17) is 5.73 Å². The van der Waals surface area contributed by atoms with Crippen LogP contribution in [0.15, 0.2) is 0 Å². The number of primary amides is 1. The molecule has 7 heteroatoms. The van der Waals surface area contributed by atoms with Gasteiger partial charge in [0, 0.05) is 13.1 Å². The molecule has 3 unspecified atom stereocenters. The van der Waals surface area contributed by atoms with Gasteiger partial charge < -0.3 is 20.6 Å². The minimum atomic E-state index is -0.976. The number of amides is 3. The first-order valence-corrected chi connectivity index (χ1v) is 7.55. The monoisotopic (exact) mass is 297 g/mol. The van der Waals surface area contributed by atoms with Crippen LogP contribution >= 0.6 is 0 Å². The van der Waals surface area contributed by atoms with Crippen molar-refractivity contribution >= 4 is 17.9 Å². The molecule has 2 aliphatic rings. The van der Waals surface area contributed by atoms with Crippen molar-refractivity contribution in [3.63, 3.8) is 0 Å². The van der Waals surface area contributed by atoms with Crippen molar-refractivity contribution in [2.75, 3.05) is 13.1 Å². The van der Waals surface area contributed by atoms with Gasteiger partial charge in [0.25, 0.3) is 0 Å². The average Bonchev–Trinajstić information content (AvgIpc) is 2.95. The highest BCUT2D eigenvalue weighted by Gasteiger charge is 2.41. The predicted octanol–water partition coefficient (Wildman–Crippen LogP) is 0.631. The molecule has 2 saturated heterocycles. The first-order chi connectivity index (χ1) is 9.95. The average molecular weight is 297 g/mol. The van der Waals surface area contributed by atoms with Gasteiger partial charge in [-0.1, -0.05) is 13.3 Å². The Labute approximate surface area is 124 Å². The number of rotatable bonds is 3. The molecule has 0 aromatic heterocycles. The minimum absolute atomic E-state index is 0.334. The van der Waals surface area contributed by atoms with Crippen LogP contribution in [0.1, 0.15) is 39.0 Å². The van der Waals surface area contributed by atoms with Gasteiger partial charge in [-0.15, -0.1) is 0 Å². The van der Waals surface area contributed by atoms with Gasteiger partial charge in [-0.3, -0.25) is 4.79 Å². The molecule has 21 heavy (non-hydrogen) atoms. The van der Waals surface area contributed by atoms with Crippen molar-refractivity contribution in [3.8, 4) is 0 Å². The van der Waals surface area contributed by atoms with E-state index in [0.717, 1.165) is 19.3 Å². The Hall–Kier alpha value is -1.79. The number of piperidine rings is 1. The van der Waals surface area contributed by atoms with E-state index in [0.29, 0.717) is 31.8 Å². The molecule has 0 aromatic rings. The molecule has 0 aliphatic carbocycles. The molecule has 3 amide bonds. The molecular weight excluding hydrogens is 274 g/mol. The molecule has 7 nitrogen and oxygen atoms in total. The molecule has 2 rings (SSSR count). The van der Waals surface area contributed by atoms with E-state index in [9.17, 15) is 19.5 Å². The molecule has 3 atom stereocenters. The van der Waals surface area contributed by atoms with E-state index in [1.54, 1.807) is 0 Å². The lowest BCUT2D eigenvalue weighted by Crippen LogP contribution is -2.57. The molecule has 0 radical (unpaired) electrons. The summed E-state index contributed by atoms with van der Waals surface area (Å²) in [6.45, 7) is 2.92. The first kappa shape index (κ1) is 15.6. The summed E-state index contributed by atoms with van der Waals surface area (Å²) in [5, 5.41) is 9.38. The molecule has 0 bridgehead atoms. The number of nitrogens with two attached hydrogens (primary N) is 1. The third-order valence-electron chi connectivity index (χ3n) is 4.65. The Morgan fingerprint density at radius 3 is 2.38 bits per heavy atom. The van der Waals surface area contributed by atoms with Crippen molar-refractivity contribution in [1.29, 1.82) is 0 Å². The molecule has 0 spiro atoms. The summed E-state index contributed by atoms with van der Waals surface area (Å²) < 4.78 is 0. The zero-order chi connectivity index (χ0) is 15.6. The maximum Gasteiger partial charge on any atom is 0.326 e. The van der Waals surface area contributed by atoms with Crippen molar-refractivity contribution in [2.24, 2.45) is 11.7 Å². The molecule has 3 N–H and O–H groups in total. The van der Waals surface area contributed by atoms with E-state index in [1.807, 2.05) is 6.92 Å². The quantitative estimate of drug-likeness (QED) is 0.797. The number of hydrogen-bond donors (Lipinski definition) is 2. The SMILES string of the molecule is CCC1CCN(C(=O)N2CCCC2C(N)=O)C(C(=O)O)C1. The number of aliphatic carboxylic acids is 1. The number of urea groups is 1. The zero-order valence-electron chi connectivity index (χ0n) is 12.3. The standard InChI is InChI=1S/C14H23N3O4/c1-2-9-5-7-17(11(8-9)13(19)20)14(21)16-6-3-4-10(16)12(15)18/h9-11H,2-8H2,1H3,(H2,15,18)(H,19,20). The van der Waals surface area contributed by atoms with Crippen LogP contribution < -0.4 is 5.73 Å². The molecular formula is C14H23N3O4.